The van der Waals surface area contributed by atoms with Crippen molar-refractivity contribution in [2.24, 2.45) is 11.8 Å². The van der Waals surface area contributed by atoms with E-state index < -0.39 is 0 Å². The number of piperidine rings is 1. The Hall–Kier alpha value is -1.66. The van der Waals surface area contributed by atoms with Crippen LogP contribution in [0.4, 0.5) is 0 Å². The maximum atomic E-state index is 12.5. The minimum Gasteiger partial charge on any atom is -0.496 e. The Morgan fingerprint density at radius 3 is 2.43 bits per heavy atom. The number of ether oxygens (including phenoxy) is 3. The third kappa shape index (κ3) is 7.76. The fraction of sp³-hybridized carbons (Fsp3) is 0.667. The predicted octanol–water partition coefficient (Wildman–Crippen LogP) is 3.38. The first kappa shape index (κ1) is 24.4. The van der Waals surface area contributed by atoms with Gasteiger partial charge in [-0.2, -0.15) is 0 Å². The lowest BCUT2D eigenvalue weighted by Crippen LogP contribution is -2.36. The van der Waals surface area contributed by atoms with Crippen molar-refractivity contribution < 1.29 is 19.0 Å². The molecule has 7 heteroatoms. The van der Waals surface area contributed by atoms with Gasteiger partial charge in [0.1, 0.15) is 17.2 Å². The van der Waals surface area contributed by atoms with Gasteiger partial charge < -0.3 is 24.4 Å². The van der Waals surface area contributed by atoms with Crippen molar-refractivity contribution in [3.05, 3.63) is 18.2 Å². The first-order valence-electron chi connectivity index (χ1n) is 9.84. The van der Waals surface area contributed by atoms with Crippen molar-refractivity contribution in [3.8, 4) is 17.2 Å². The van der Waals surface area contributed by atoms with E-state index >= 15 is 0 Å². The standard InChI is InChI=1S/C21H34N2O4.ClH/c1-16(17-7-5-8-22-15-17)11-21(24)23(2)9-6-10-27-20-13-18(25-3)12-19(14-20)26-4;/h12-14,16-17,22H,5-11,15H2,1-4H3;1H. The largest absolute Gasteiger partial charge is 0.496 e. The van der Waals surface area contributed by atoms with Gasteiger partial charge in [0, 0.05) is 38.2 Å². The molecule has 0 saturated carbocycles. The average molecular weight is 415 g/mol. The lowest BCUT2D eigenvalue weighted by molar-refractivity contribution is -0.131. The zero-order valence-electron chi connectivity index (χ0n) is 17.5. The molecule has 0 bridgehead atoms. The second-order valence-electron chi connectivity index (χ2n) is 7.35. The lowest BCUT2D eigenvalue weighted by Gasteiger charge is -2.29. The summed E-state index contributed by atoms with van der Waals surface area (Å²) < 4.78 is 16.3. The molecule has 6 nitrogen and oxygen atoms in total. The highest BCUT2D eigenvalue weighted by Gasteiger charge is 2.23. The minimum absolute atomic E-state index is 0. The van der Waals surface area contributed by atoms with Crippen LogP contribution in [0.5, 0.6) is 17.2 Å². The molecule has 0 radical (unpaired) electrons. The molecule has 2 atom stereocenters. The Morgan fingerprint density at radius 2 is 1.86 bits per heavy atom. The molecule has 1 N–H and O–H groups in total. The third-order valence-corrected chi connectivity index (χ3v) is 5.29. The SMILES string of the molecule is COc1cc(OC)cc(OCCCN(C)C(=O)CC(C)C2CCCNC2)c1.Cl. The van der Waals surface area contributed by atoms with Gasteiger partial charge in [0.05, 0.1) is 20.8 Å². The number of nitrogens with zero attached hydrogens (tertiary/aromatic N) is 1. The van der Waals surface area contributed by atoms with E-state index in [4.69, 9.17) is 14.2 Å². The van der Waals surface area contributed by atoms with Crippen molar-refractivity contribution in [1.29, 1.82) is 0 Å². The Kier molecular flexibility index (Phi) is 11.1. The summed E-state index contributed by atoms with van der Waals surface area (Å²) in [6.07, 6.45) is 3.84. The first-order chi connectivity index (χ1) is 13.0. The molecule has 0 spiro atoms. The molecule has 1 aromatic rings. The van der Waals surface area contributed by atoms with E-state index in [1.807, 2.05) is 30.1 Å². The number of carbonyl (C=O) groups is 1. The van der Waals surface area contributed by atoms with Crippen LogP contribution in [0.15, 0.2) is 18.2 Å². The van der Waals surface area contributed by atoms with Crippen LogP contribution >= 0.6 is 12.4 Å². The van der Waals surface area contributed by atoms with Crippen LogP contribution in [0.2, 0.25) is 0 Å². The summed E-state index contributed by atoms with van der Waals surface area (Å²) in [6, 6.07) is 5.47. The summed E-state index contributed by atoms with van der Waals surface area (Å²) >= 11 is 0. The van der Waals surface area contributed by atoms with Gasteiger partial charge in [-0.1, -0.05) is 6.92 Å². The smallest absolute Gasteiger partial charge is 0.222 e. The van der Waals surface area contributed by atoms with E-state index in [2.05, 4.69) is 12.2 Å². The molecule has 0 aliphatic carbocycles. The normalized spacial score (nSPS) is 17.2. The van der Waals surface area contributed by atoms with Crippen LogP contribution in [0, 0.1) is 11.8 Å². The highest BCUT2D eigenvalue weighted by molar-refractivity contribution is 5.85. The zero-order valence-corrected chi connectivity index (χ0v) is 18.3. The second-order valence-corrected chi connectivity index (χ2v) is 7.35. The molecule has 1 saturated heterocycles. The number of carbonyl (C=O) groups excluding carboxylic acids is 1. The van der Waals surface area contributed by atoms with Gasteiger partial charge in [-0.05, 0) is 44.2 Å². The Balaban J connectivity index is 0.00000392. The van der Waals surface area contributed by atoms with Crippen LogP contribution in [-0.2, 0) is 4.79 Å². The molecule has 1 heterocycles. The van der Waals surface area contributed by atoms with E-state index in [-0.39, 0.29) is 18.3 Å². The van der Waals surface area contributed by atoms with Gasteiger partial charge in [0.15, 0.2) is 0 Å². The number of nitrogens with one attached hydrogen (secondary N) is 1. The molecule has 28 heavy (non-hydrogen) atoms. The van der Waals surface area contributed by atoms with Crippen LogP contribution < -0.4 is 19.5 Å². The number of hydrogen-bond acceptors (Lipinski definition) is 5. The van der Waals surface area contributed by atoms with E-state index in [0.29, 0.717) is 48.7 Å². The predicted molar refractivity (Wildman–Crippen MR) is 114 cm³/mol. The lowest BCUT2D eigenvalue weighted by atomic mass is 9.85. The molecule has 1 aliphatic heterocycles. The molecular formula is C21H35ClN2O4. The molecule has 1 fully saturated rings. The van der Waals surface area contributed by atoms with Gasteiger partial charge in [-0.25, -0.2) is 0 Å². The van der Waals surface area contributed by atoms with Crippen LogP contribution in [0.3, 0.4) is 0 Å². The quantitative estimate of drug-likeness (QED) is 0.595. The van der Waals surface area contributed by atoms with Crippen LogP contribution in [0.25, 0.3) is 0 Å². The van der Waals surface area contributed by atoms with Crippen LogP contribution in [0.1, 0.15) is 32.6 Å². The highest BCUT2D eigenvalue weighted by atomic mass is 35.5. The molecule has 0 aromatic heterocycles. The van der Waals surface area contributed by atoms with E-state index in [0.717, 1.165) is 19.5 Å². The zero-order chi connectivity index (χ0) is 19.6. The van der Waals surface area contributed by atoms with E-state index in [1.54, 1.807) is 14.2 Å². The highest BCUT2D eigenvalue weighted by Crippen LogP contribution is 2.27. The third-order valence-electron chi connectivity index (χ3n) is 5.29. The van der Waals surface area contributed by atoms with Gasteiger partial charge >= 0.3 is 0 Å². The summed E-state index contributed by atoms with van der Waals surface area (Å²) in [6.45, 7) is 5.57. The molecule has 1 amide bonds. The second kappa shape index (κ2) is 12.7. The Morgan fingerprint density at radius 1 is 1.21 bits per heavy atom. The number of amides is 1. The number of rotatable bonds is 10. The fourth-order valence-electron chi connectivity index (χ4n) is 3.44. The molecule has 160 valence electrons. The van der Waals surface area contributed by atoms with Gasteiger partial charge in [0.25, 0.3) is 0 Å². The summed E-state index contributed by atoms with van der Waals surface area (Å²) in [5.41, 5.74) is 0. The average Bonchev–Trinajstić information content (AvgIpc) is 2.71. The topological polar surface area (TPSA) is 60.0 Å². The van der Waals surface area contributed by atoms with Crippen LogP contribution in [-0.4, -0.2) is 58.3 Å². The fourth-order valence-corrected chi connectivity index (χ4v) is 3.44. The van der Waals surface area contributed by atoms with Crippen molar-refractivity contribution in [3.63, 3.8) is 0 Å². The maximum Gasteiger partial charge on any atom is 0.222 e. The number of methoxy groups -OCH3 is 2. The Bertz CT molecular complexity index is 572. The number of benzene rings is 1. The maximum absolute atomic E-state index is 12.5. The van der Waals surface area contributed by atoms with Crippen molar-refractivity contribution >= 4 is 18.3 Å². The Labute approximate surface area is 175 Å². The molecule has 2 rings (SSSR count). The number of hydrogen-bond donors (Lipinski definition) is 1. The van der Waals surface area contributed by atoms with E-state index in [9.17, 15) is 4.79 Å². The molecule has 1 aliphatic rings. The number of halogens is 1. The van der Waals surface area contributed by atoms with Gasteiger partial charge in [-0.3, -0.25) is 4.79 Å². The van der Waals surface area contributed by atoms with Crippen molar-refractivity contribution in [2.45, 2.75) is 32.6 Å². The molecule has 2 unspecified atom stereocenters. The first-order valence-corrected chi connectivity index (χ1v) is 9.84. The van der Waals surface area contributed by atoms with E-state index in [1.165, 1.54) is 12.8 Å². The summed E-state index contributed by atoms with van der Waals surface area (Å²) in [5.74, 6) is 3.36. The minimum atomic E-state index is 0. The molecular weight excluding hydrogens is 380 g/mol. The summed E-state index contributed by atoms with van der Waals surface area (Å²) in [7, 11) is 5.11. The van der Waals surface area contributed by atoms with Crippen molar-refractivity contribution in [1.82, 2.24) is 10.2 Å². The van der Waals surface area contributed by atoms with Gasteiger partial charge in [0.2, 0.25) is 5.91 Å². The molecule has 1 aromatic carbocycles. The summed E-state index contributed by atoms with van der Waals surface area (Å²) in [4.78, 5) is 14.3. The monoisotopic (exact) mass is 414 g/mol. The van der Waals surface area contributed by atoms with Crippen molar-refractivity contribution in [2.75, 3.05) is 47.5 Å². The van der Waals surface area contributed by atoms with Gasteiger partial charge in [-0.15, -0.1) is 12.4 Å². The summed E-state index contributed by atoms with van der Waals surface area (Å²) in [5, 5.41) is 3.43.